The smallest absolute Gasteiger partial charge is 0.343 e. The Balaban J connectivity index is 0.783. The molecule has 0 spiro atoms. The van der Waals surface area contributed by atoms with Gasteiger partial charge in [0, 0.05) is 7.11 Å². The monoisotopic (exact) mass is 1840 g/mol. The summed E-state index contributed by atoms with van der Waals surface area (Å²) in [6.45, 7) is 55.7. The lowest BCUT2D eigenvalue weighted by molar-refractivity contribution is -0.117. The van der Waals surface area contributed by atoms with Gasteiger partial charge >= 0.3 is 11.9 Å². The standard InChI is InChI=1S/C102H162O28/c1-25-46-106-97-38-36-96(37-39-97)102(104)130-100-44-34-94(35-45-100)93-32-42-99(43-33-93)129-101(103)95-28-26-91(27-29-95)92-30-40-98(41-31-92)128-90(23)68-127-89(22)67-126-88(21)66-125-87(20)65-124-86(19)64-123-85(18)63-122-84(17)62-121-83(16)61-120-82(15)60-119-81(14)59-118-80(13)58-117-79(12)57-116-78(11)56-115-77(10)55-114-76(9)54-113-75(8)53-112-74(7)52-111-73(6)51-110-72(5)50-109-71(4)49-108-70(3)48-107-69(2)47-105-24/h26-45,69-90H,25,46-68H2,1-24H3. The molecule has 0 heterocycles. The quantitative estimate of drug-likeness (QED) is 0.0258. The summed E-state index contributed by atoms with van der Waals surface area (Å²) in [5.74, 6) is 1.33. The number of ether oxygens (including phenoxy) is 26. The average molecular weight is 1840 g/mol. The Morgan fingerprint density at radius 2 is 0.354 bits per heavy atom. The molecule has 0 saturated heterocycles. The molecule has 0 aromatic heterocycles. The molecule has 28 nitrogen and oxygen atoms in total. The van der Waals surface area contributed by atoms with Gasteiger partial charge in [-0.05, 0) is 254 Å². The number of methoxy groups -OCH3 is 1. The van der Waals surface area contributed by atoms with Crippen LogP contribution in [0.2, 0.25) is 0 Å². The normalized spacial score (nSPS) is 17.1. The Bertz CT molecular complexity index is 3660. The summed E-state index contributed by atoms with van der Waals surface area (Å²) in [4.78, 5) is 25.9. The number of rotatable bonds is 76. The van der Waals surface area contributed by atoms with E-state index in [1.54, 1.807) is 67.8 Å². The van der Waals surface area contributed by atoms with Crippen LogP contribution in [0, 0.1) is 0 Å². The molecular weight excluding hydrogens is 1670 g/mol. The maximum Gasteiger partial charge on any atom is 0.343 e. The van der Waals surface area contributed by atoms with Crippen molar-refractivity contribution >= 4 is 11.9 Å². The minimum Gasteiger partial charge on any atom is -0.494 e. The van der Waals surface area contributed by atoms with E-state index in [0.29, 0.717) is 186 Å². The molecule has 0 N–H and O–H groups in total. The first-order chi connectivity index (χ1) is 62.2. The van der Waals surface area contributed by atoms with Gasteiger partial charge in [0.05, 0.1) is 291 Å². The van der Waals surface area contributed by atoms with Gasteiger partial charge in [0.25, 0.3) is 0 Å². The van der Waals surface area contributed by atoms with Crippen molar-refractivity contribution < 1.29 is 133 Å². The van der Waals surface area contributed by atoms with Crippen molar-refractivity contribution in [2.45, 2.75) is 300 Å². The van der Waals surface area contributed by atoms with Gasteiger partial charge < -0.3 is 123 Å². The molecule has 130 heavy (non-hydrogen) atoms. The van der Waals surface area contributed by atoms with Crippen molar-refractivity contribution in [3.63, 3.8) is 0 Å². The molecule has 5 aromatic rings. The number of esters is 2. The number of carbonyl (C=O) groups excluding carboxylic acids is 2. The van der Waals surface area contributed by atoms with Gasteiger partial charge in [-0.1, -0.05) is 55.5 Å². The average Bonchev–Trinajstić information content (AvgIpc) is 0.833. The summed E-state index contributed by atoms with van der Waals surface area (Å²) in [6, 6.07) is 36.4. The van der Waals surface area contributed by atoms with Gasteiger partial charge in [-0.25, -0.2) is 9.59 Å². The summed E-state index contributed by atoms with van der Waals surface area (Å²) in [6.07, 6.45) is -1.82. The molecule has 0 aliphatic heterocycles. The third-order valence-electron chi connectivity index (χ3n) is 20.0. The van der Waals surface area contributed by atoms with Crippen molar-refractivity contribution in [2.75, 3.05) is 159 Å². The summed E-state index contributed by atoms with van der Waals surface area (Å²) in [5, 5.41) is 0. The molecule has 22 atom stereocenters. The molecule has 0 saturated carbocycles. The summed E-state index contributed by atoms with van der Waals surface area (Å²) >= 11 is 0. The Hall–Kier alpha value is -6.24. The van der Waals surface area contributed by atoms with Crippen molar-refractivity contribution in [1.29, 1.82) is 0 Å². The van der Waals surface area contributed by atoms with Gasteiger partial charge in [-0.2, -0.15) is 0 Å². The van der Waals surface area contributed by atoms with Gasteiger partial charge in [0.2, 0.25) is 0 Å². The van der Waals surface area contributed by atoms with Crippen molar-refractivity contribution in [3.8, 4) is 45.3 Å². The Morgan fingerprint density at radius 3 is 0.538 bits per heavy atom. The molecule has 22 unspecified atom stereocenters. The first kappa shape index (κ1) is 114. The molecule has 0 aliphatic carbocycles. The number of hydrogen-bond donors (Lipinski definition) is 0. The second-order valence-electron chi connectivity index (χ2n) is 34.7. The van der Waals surface area contributed by atoms with E-state index in [2.05, 4.69) is 0 Å². The lowest BCUT2D eigenvalue weighted by Crippen LogP contribution is -2.31. The van der Waals surface area contributed by atoms with Crippen molar-refractivity contribution in [1.82, 2.24) is 0 Å². The zero-order valence-electron chi connectivity index (χ0n) is 82.7. The molecule has 5 aromatic carbocycles. The lowest BCUT2D eigenvalue weighted by atomic mass is 10.0. The second-order valence-corrected chi connectivity index (χ2v) is 34.7. The topological polar surface area (TPSA) is 274 Å². The highest BCUT2D eigenvalue weighted by atomic mass is 16.6. The number of hydrogen-bond acceptors (Lipinski definition) is 28. The van der Waals surface area contributed by atoms with Crippen LogP contribution in [0.5, 0.6) is 23.0 Å². The highest BCUT2D eigenvalue weighted by Crippen LogP contribution is 2.29. The summed E-state index contributed by atoms with van der Waals surface area (Å²) in [5.41, 5.74) is 4.56. The molecule has 5 rings (SSSR count). The third-order valence-corrected chi connectivity index (χ3v) is 20.0. The van der Waals surface area contributed by atoms with Crippen LogP contribution in [0.1, 0.15) is 186 Å². The van der Waals surface area contributed by atoms with Gasteiger partial charge in [0.15, 0.2) is 0 Å². The van der Waals surface area contributed by atoms with Crippen LogP contribution in [0.4, 0.5) is 0 Å². The molecular formula is C102H162O28. The maximum absolute atomic E-state index is 13.2. The largest absolute Gasteiger partial charge is 0.494 e. The van der Waals surface area contributed by atoms with E-state index >= 15 is 0 Å². The molecule has 738 valence electrons. The fourth-order valence-electron chi connectivity index (χ4n) is 12.0. The van der Waals surface area contributed by atoms with E-state index in [1.807, 2.05) is 220 Å². The van der Waals surface area contributed by atoms with Crippen LogP contribution in [0.15, 0.2) is 121 Å². The molecule has 0 radical (unpaired) electrons. The highest BCUT2D eigenvalue weighted by molar-refractivity contribution is 5.92. The molecule has 0 fully saturated rings. The van der Waals surface area contributed by atoms with Crippen LogP contribution in [-0.2, 0) is 104 Å². The van der Waals surface area contributed by atoms with Gasteiger partial charge in [0.1, 0.15) is 29.1 Å². The second kappa shape index (κ2) is 66.2. The summed E-state index contributed by atoms with van der Waals surface area (Å²) < 4.78 is 155. The van der Waals surface area contributed by atoms with E-state index in [4.69, 9.17) is 123 Å². The maximum atomic E-state index is 13.2. The molecule has 0 bridgehead atoms. The van der Waals surface area contributed by atoms with Crippen LogP contribution >= 0.6 is 0 Å². The SMILES string of the molecule is CCCOc1ccc(C(=O)Oc2ccc(-c3ccc(OC(=O)c4ccc(-c5ccc(OC(C)COC(C)COC(C)COC(C)COC(C)COC(C)COC(C)COC(C)COC(C)COC(C)COC(C)COC(C)COC(C)COC(C)COC(C)COC(C)COC(C)COC(C)COC(C)COC(C)COC(C)COC(C)COC)cc5)cc4)cc3)cc2)cc1. The van der Waals surface area contributed by atoms with Gasteiger partial charge in [-0.15, -0.1) is 0 Å². The number of carbonyl (C=O) groups is 2. The predicted molar refractivity (Wildman–Crippen MR) is 502 cm³/mol. The fourth-order valence-corrected chi connectivity index (χ4v) is 12.0. The van der Waals surface area contributed by atoms with E-state index in [0.717, 1.165) is 28.7 Å². The molecule has 28 heteroatoms. The minimum atomic E-state index is -0.469. The van der Waals surface area contributed by atoms with E-state index < -0.39 is 11.9 Å². The van der Waals surface area contributed by atoms with E-state index in [9.17, 15) is 9.59 Å². The highest BCUT2D eigenvalue weighted by Gasteiger charge is 2.23. The Kier molecular flexibility index (Phi) is 58.2. The predicted octanol–water partition coefficient (Wildman–Crippen LogP) is 17.2. The van der Waals surface area contributed by atoms with Crippen LogP contribution in [0.25, 0.3) is 22.3 Å². The van der Waals surface area contributed by atoms with E-state index in [-0.39, 0.29) is 134 Å². The minimum absolute atomic E-state index is 0.0235. The zero-order chi connectivity index (χ0) is 95.1. The van der Waals surface area contributed by atoms with Crippen molar-refractivity contribution in [2.24, 2.45) is 0 Å². The molecule has 0 aliphatic rings. The number of benzene rings is 5. The molecule has 0 amide bonds. The van der Waals surface area contributed by atoms with Crippen LogP contribution in [0.3, 0.4) is 0 Å². The zero-order valence-corrected chi connectivity index (χ0v) is 82.7. The fraction of sp³-hybridized carbons (Fsp3) is 0.686. The van der Waals surface area contributed by atoms with E-state index in [1.165, 1.54) is 0 Å². The van der Waals surface area contributed by atoms with Gasteiger partial charge in [-0.3, -0.25) is 0 Å². The summed E-state index contributed by atoms with van der Waals surface area (Å²) in [7, 11) is 1.66. The first-order valence-electron chi connectivity index (χ1n) is 46.9. The Morgan fingerprint density at radius 1 is 0.200 bits per heavy atom. The van der Waals surface area contributed by atoms with Crippen LogP contribution in [-0.4, -0.2) is 305 Å². The van der Waals surface area contributed by atoms with Crippen LogP contribution < -0.4 is 18.9 Å². The lowest BCUT2D eigenvalue weighted by Gasteiger charge is -2.24. The van der Waals surface area contributed by atoms with Crippen molar-refractivity contribution in [3.05, 3.63) is 132 Å². The first-order valence-corrected chi connectivity index (χ1v) is 46.9. The third kappa shape index (κ3) is 52.6. The Labute approximate surface area is 777 Å².